The van der Waals surface area contributed by atoms with Crippen LogP contribution in [-0.2, 0) is 21.2 Å². The summed E-state index contributed by atoms with van der Waals surface area (Å²) in [5.41, 5.74) is 1.07. The van der Waals surface area contributed by atoms with Crippen molar-refractivity contribution in [3.05, 3.63) is 65.7 Å². The Morgan fingerprint density at radius 1 is 1.11 bits per heavy atom. The number of sulfonamides is 1. The molecule has 0 aliphatic carbocycles. The maximum Gasteiger partial charge on any atom is 0.407 e. The zero-order valence-corrected chi connectivity index (χ0v) is 23.2. The number of aryl methyl sites for hydroxylation is 1. The Morgan fingerprint density at radius 2 is 1.73 bits per heavy atom. The van der Waals surface area contributed by atoms with Gasteiger partial charge >= 0.3 is 6.09 Å². The molecule has 2 unspecified atom stereocenters. The molecule has 2 N–H and O–H groups in total. The summed E-state index contributed by atoms with van der Waals surface area (Å²) in [6.07, 6.45) is -0.808. The quantitative estimate of drug-likeness (QED) is 0.420. The lowest BCUT2D eigenvalue weighted by molar-refractivity contribution is 0.0399. The van der Waals surface area contributed by atoms with Gasteiger partial charge in [0.2, 0.25) is 10.0 Å². The molecular weight excluding hydrogens is 490 g/mol. The summed E-state index contributed by atoms with van der Waals surface area (Å²) in [4.78, 5) is 12.7. The Kier molecular flexibility index (Phi) is 11.1. The number of hydrogen-bond acceptors (Lipinski definition) is 6. The number of amides is 1. The fraction of sp³-hybridized carbons (Fsp3) is 0.500. The van der Waals surface area contributed by atoms with E-state index in [0.717, 1.165) is 11.1 Å². The molecule has 8 nitrogen and oxygen atoms in total. The molecule has 2 aromatic rings. The maximum atomic E-state index is 13.6. The van der Waals surface area contributed by atoms with E-state index in [-0.39, 0.29) is 30.3 Å². The molecule has 0 heterocycles. The Bertz CT molecular complexity index is 1140. The van der Waals surface area contributed by atoms with Crippen molar-refractivity contribution >= 4 is 16.1 Å². The number of nitrogens with zero attached hydrogens (tertiary/aromatic N) is 2. The number of ether oxygens (including phenoxy) is 1. The van der Waals surface area contributed by atoms with Crippen LogP contribution in [0.4, 0.5) is 4.79 Å². The first-order chi connectivity index (χ1) is 17.3. The van der Waals surface area contributed by atoms with Crippen LogP contribution in [0.1, 0.15) is 51.7 Å². The number of aliphatic hydroxyl groups is 1. The monoisotopic (exact) mass is 529 g/mol. The minimum Gasteiger partial charge on any atom is -0.444 e. The van der Waals surface area contributed by atoms with Crippen molar-refractivity contribution in [2.75, 3.05) is 13.1 Å². The van der Waals surface area contributed by atoms with E-state index in [0.29, 0.717) is 12.8 Å². The second-order valence-electron chi connectivity index (χ2n) is 10.4. The van der Waals surface area contributed by atoms with Crippen molar-refractivity contribution in [2.45, 2.75) is 76.5 Å². The van der Waals surface area contributed by atoms with E-state index in [1.807, 2.05) is 44.2 Å². The predicted octanol–water partition coefficient (Wildman–Crippen LogP) is 4.42. The first-order valence-electron chi connectivity index (χ1n) is 12.5. The molecule has 0 bridgehead atoms. The number of nitriles is 1. The minimum absolute atomic E-state index is 0.113. The Hall–Kier alpha value is -2.93. The third-order valence-electron chi connectivity index (χ3n) is 5.78. The Balaban J connectivity index is 2.35. The van der Waals surface area contributed by atoms with Crippen LogP contribution in [0.25, 0.3) is 0 Å². The lowest BCUT2D eigenvalue weighted by atomic mass is 10.0. The van der Waals surface area contributed by atoms with E-state index in [1.165, 1.54) is 4.31 Å². The topological polar surface area (TPSA) is 120 Å². The van der Waals surface area contributed by atoms with Crippen LogP contribution >= 0.6 is 0 Å². The number of carbonyl (C=O) groups excluding carboxylic acids is 1. The number of aliphatic hydroxyl groups excluding tert-OH is 1. The minimum atomic E-state index is -3.95. The average Bonchev–Trinajstić information content (AvgIpc) is 2.81. The second kappa shape index (κ2) is 13.6. The highest BCUT2D eigenvalue weighted by atomic mass is 32.2. The third kappa shape index (κ3) is 10.2. The van der Waals surface area contributed by atoms with Gasteiger partial charge in [-0.2, -0.15) is 9.57 Å². The molecule has 1 amide bonds. The van der Waals surface area contributed by atoms with E-state index in [4.69, 9.17) is 10.00 Å². The van der Waals surface area contributed by atoms with E-state index in [2.05, 4.69) is 11.4 Å². The van der Waals surface area contributed by atoms with Crippen molar-refractivity contribution in [2.24, 2.45) is 5.92 Å². The van der Waals surface area contributed by atoms with Gasteiger partial charge in [-0.3, -0.25) is 0 Å². The number of nitrogens with one attached hydrogen (secondary N) is 1. The third-order valence-corrected chi connectivity index (χ3v) is 7.62. The molecular formula is C28H39N3O5S. The Labute approximate surface area is 221 Å². The van der Waals surface area contributed by atoms with Crippen molar-refractivity contribution < 1.29 is 23.1 Å². The molecule has 3 atom stereocenters. The molecule has 9 heteroatoms. The highest BCUT2D eigenvalue weighted by Crippen LogP contribution is 2.21. The first-order valence-corrected chi connectivity index (χ1v) is 13.9. The molecule has 0 aromatic heterocycles. The molecule has 37 heavy (non-hydrogen) atoms. The van der Waals surface area contributed by atoms with E-state index >= 15 is 0 Å². The van der Waals surface area contributed by atoms with Crippen LogP contribution in [0.2, 0.25) is 0 Å². The summed E-state index contributed by atoms with van der Waals surface area (Å²) in [7, 11) is -3.95. The number of benzene rings is 2. The van der Waals surface area contributed by atoms with Gasteiger partial charge in [-0.05, 0) is 64.2 Å². The van der Waals surface area contributed by atoms with Crippen LogP contribution in [0.15, 0.2) is 59.5 Å². The van der Waals surface area contributed by atoms with Gasteiger partial charge in [0.15, 0.2) is 0 Å². The summed E-state index contributed by atoms with van der Waals surface area (Å²) in [5, 5.41) is 23.0. The summed E-state index contributed by atoms with van der Waals surface area (Å²) < 4.78 is 33.9. The normalized spacial score (nSPS) is 14.4. The molecule has 0 aliphatic rings. The number of rotatable bonds is 12. The highest BCUT2D eigenvalue weighted by Gasteiger charge is 2.32. The second-order valence-corrected chi connectivity index (χ2v) is 12.4. The predicted molar refractivity (Wildman–Crippen MR) is 143 cm³/mol. The molecule has 2 rings (SSSR count). The van der Waals surface area contributed by atoms with Crippen LogP contribution in [0.5, 0.6) is 0 Å². The SMILES string of the molecule is Cc1ccc(S(=O)(=O)N(CC(C)CCC#N)CC(O)[C@H](Cc2ccccc2)NC(=O)OC(C)(C)C)cc1. The van der Waals surface area contributed by atoms with Crippen molar-refractivity contribution in [3.63, 3.8) is 0 Å². The fourth-order valence-electron chi connectivity index (χ4n) is 3.83. The molecule has 0 aliphatic heterocycles. The first kappa shape index (κ1) is 30.3. The molecule has 2 aromatic carbocycles. The van der Waals surface area contributed by atoms with E-state index in [1.54, 1.807) is 45.0 Å². The summed E-state index contributed by atoms with van der Waals surface area (Å²) in [6.45, 7) is 8.87. The van der Waals surface area contributed by atoms with Crippen LogP contribution in [0.3, 0.4) is 0 Å². The molecule has 0 radical (unpaired) electrons. The molecule has 202 valence electrons. The largest absolute Gasteiger partial charge is 0.444 e. The van der Waals surface area contributed by atoms with Gasteiger partial charge in [0, 0.05) is 19.5 Å². The zero-order valence-electron chi connectivity index (χ0n) is 22.3. The van der Waals surface area contributed by atoms with Gasteiger partial charge in [-0.25, -0.2) is 13.2 Å². The lowest BCUT2D eigenvalue weighted by Crippen LogP contribution is -2.52. The van der Waals surface area contributed by atoms with Crippen LogP contribution in [-0.4, -0.2) is 54.8 Å². The number of hydrogen-bond donors (Lipinski definition) is 2. The summed E-state index contributed by atoms with van der Waals surface area (Å²) in [5.74, 6) is -0.113. The van der Waals surface area contributed by atoms with Gasteiger partial charge in [-0.15, -0.1) is 0 Å². The summed E-state index contributed by atoms with van der Waals surface area (Å²) >= 11 is 0. The van der Waals surface area contributed by atoms with Gasteiger partial charge in [0.05, 0.1) is 23.1 Å². The maximum absolute atomic E-state index is 13.6. The van der Waals surface area contributed by atoms with Crippen LogP contribution < -0.4 is 5.32 Å². The van der Waals surface area contributed by atoms with Crippen molar-refractivity contribution in [1.29, 1.82) is 5.26 Å². The fourth-order valence-corrected chi connectivity index (χ4v) is 5.40. The smallest absolute Gasteiger partial charge is 0.407 e. The van der Waals surface area contributed by atoms with Crippen molar-refractivity contribution in [3.8, 4) is 6.07 Å². The summed E-state index contributed by atoms with van der Waals surface area (Å²) in [6, 6.07) is 17.2. The van der Waals surface area contributed by atoms with Crippen molar-refractivity contribution in [1.82, 2.24) is 9.62 Å². The number of alkyl carbamates (subject to hydrolysis) is 1. The molecule has 0 saturated carbocycles. The Morgan fingerprint density at radius 3 is 2.30 bits per heavy atom. The van der Waals surface area contributed by atoms with Gasteiger partial charge < -0.3 is 15.2 Å². The molecule has 0 fully saturated rings. The van der Waals surface area contributed by atoms with Crippen LogP contribution in [0, 0.1) is 24.2 Å². The molecule has 0 spiro atoms. The van der Waals surface area contributed by atoms with E-state index < -0.39 is 33.9 Å². The average molecular weight is 530 g/mol. The zero-order chi connectivity index (χ0) is 27.6. The lowest BCUT2D eigenvalue weighted by Gasteiger charge is -2.31. The highest BCUT2D eigenvalue weighted by molar-refractivity contribution is 7.89. The van der Waals surface area contributed by atoms with Gasteiger partial charge in [0.1, 0.15) is 5.60 Å². The van der Waals surface area contributed by atoms with Gasteiger partial charge in [-0.1, -0.05) is 55.0 Å². The van der Waals surface area contributed by atoms with E-state index in [9.17, 15) is 18.3 Å². The standard InChI is InChI=1S/C28H39N3O5S/c1-21-13-15-24(16-14-21)37(34,35)31(19-22(2)10-9-17-29)20-26(32)25(18-23-11-7-6-8-12-23)30-27(33)36-28(3,4)5/h6-8,11-16,22,25-26,32H,9-10,18-20H2,1-5H3,(H,30,33)/t22?,25-,26?/m0/s1. The number of carbonyl (C=O) groups is 1. The van der Waals surface area contributed by atoms with Gasteiger partial charge in [0.25, 0.3) is 0 Å². The molecule has 0 saturated heterocycles.